The van der Waals surface area contributed by atoms with E-state index in [4.69, 9.17) is 4.74 Å². The second kappa shape index (κ2) is 14.5. The molecule has 0 spiro atoms. The third-order valence-electron chi connectivity index (χ3n) is 10.5. The summed E-state index contributed by atoms with van der Waals surface area (Å²) in [5, 5.41) is 15.2. The van der Waals surface area contributed by atoms with E-state index in [1.807, 2.05) is 6.08 Å². The molecule has 6 atom stereocenters. The number of hydrogen-bond donors (Lipinski definition) is 4. The highest BCUT2D eigenvalue weighted by atomic mass is 32.2. The number of halogens is 1. The van der Waals surface area contributed by atoms with Crippen LogP contribution in [0.4, 0.5) is 9.18 Å². The van der Waals surface area contributed by atoms with Crippen molar-refractivity contribution in [2.24, 2.45) is 11.8 Å². The fourth-order valence-electron chi connectivity index (χ4n) is 7.13. The number of ether oxygens (including phenoxy) is 1. The molecule has 3 fully saturated rings. The molecule has 14 nitrogen and oxygen atoms in total. The molecule has 16 heteroatoms. The average molecular weight is 732 g/mol. The predicted octanol–water partition coefficient (Wildman–Crippen LogP) is 1.75. The van der Waals surface area contributed by atoms with Crippen LogP contribution in [0.15, 0.2) is 30.4 Å². The molecular weight excluding hydrogens is 685 g/mol. The van der Waals surface area contributed by atoms with Gasteiger partial charge in [-0.25, -0.2) is 17.6 Å². The molecule has 3 aliphatic heterocycles. The summed E-state index contributed by atoms with van der Waals surface area (Å²) < 4.78 is 47.8. The molecule has 0 bridgehead atoms. The Balaban J connectivity index is 1.25. The van der Waals surface area contributed by atoms with Gasteiger partial charge in [0.15, 0.2) is 0 Å². The van der Waals surface area contributed by atoms with Gasteiger partial charge in [-0.1, -0.05) is 51.0 Å². The number of fused-ring (bicyclic) bond motifs is 3. The molecule has 0 aromatic heterocycles. The largest absolute Gasteiger partial charge is 0.444 e. The molecule has 5 amide bonds. The Kier molecular flexibility index (Phi) is 10.5. The summed E-state index contributed by atoms with van der Waals surface area (Å²) in [6, 6.07) is 2.22. The zero-order valence-electron chi connectivity index (χ0n) is 28.8. The minimum Gasteiger partial charge on any atom is -0.444 e. The molecular formula is C35H46FN5O9S. The monoisotopic (exact) mass is 731 g/mol. The zero-order valence-corrected chi connectivity index (χ0v) is 29.6. The van der Waals surface area contributed by atoms with Crippen molar-refractivity contribution in [1.29, 1.82) is 0 Å². The molecule has 1 aromatic carbocycles. The lowest BCUT2D eigenvalue weighted by Crippen LogP contribution is -2.58. The van der Waals surface area contributed by atoms with Crippen molar-refractivity contribution in [3.05, 3.63) is 47.3 Å². The second-order valence-corrected chi connectivity index (χ2v) is 16.7. The number of allylic oxidation sites excluding steroid dienone is 1. The average Bonchev–Trinajstić information content (AvgIpc) is 3.96. The number of nitrogens with zero attached hydrogens (tertiary/aromatic N) is 2. The number of nitrogens with one attached hydrogen (secondary N) is 3. The van der Waals surface area contributed by atoms with Crippen molar-refractivity contribution in [2.45, 2.75) is 120 Å². The van der Waals surface area contributed by atoms with Crippen LogP contribution in [0.25, 0.3) is 0 Å². The third kappa shape index (κ3) is 7.91. The summed E-state index contributed by atoms with van der Waals surface area (Å²) in [4.78, 5) is 70.8. The number of rotatable bonds is 7. The van der Waals surface area contributed by atoms with Gasteiger partial charge in [0.25, 0.3) is 5.91 Å². The molecule has 2 saturated carbocycles. The van der Waals surface area contributed by atoms with Crippen LogP contribution < -0.4 is 15.4 Å². The Morgan fingerprint density at radius 2 is 1.86 bits per heavy atom. The van der Waals surface area contributed by atoms with E-state index in [2.05, 4.69) is 15.4 Å². The number of sulfonamides is 1. The molecule has 1 saturated heterocycles. The van der Waals surface area contributed by atoms with E-state index in [0.717, 1.165) is 6.42 Å². The summed E-state index contributed by atoms with van der Waals surface area (Å²) in [5.74, 6) is -4.30. The fourth-order valence-corrected chi connectivity index (χ4v) is 8.50. The third-order valence-corrected chi connectivity index (χ3v) is 12.3. The first kappa shape index (κ1) is 36.7. The van der Waals surface area contributed by atoms with Crippen LogP contribution in [-0.4, -0.2) is 94.7 Å². The maximum absolute atomic E-state index is 14.4. The van der Waals surface area contributed by atoms with Crippen molar-refractivity contribution in [2.75, 3.05) is 6.54 Å². The van der Waals surface area contributed by atoms with Crippen LogP contribution in [0.2, 0.25) is 0 Å². The first-order chi connectivity index (χ1) is 24.2. The van der Waals surface area contributed by atoms with Crippen LogP contribution in [0, 0.1) is 17.7 Å². The molecule has 2 aliphatic carbocycles. The van der Waals surface area contributed by atoms with Crippen molar-refractivity contribution >= 4 is 39.7 Å². The number of carbonyl (C=O) groups is 5. The number of carbonyl (C=O) groups excluding carboxylic acids is 5. The summed E-state index contributed by atoms with van der Waals surface area (Å²) in [6.07, 6.45) is 4.33. The standard InChI is InChI=1S/C35H46FN5O9S/c1-20(2)29(42)31(44)37-27-12-7-5-3-4-6-10-22-16-35(22,33(46)39-51(48,49)24-13-14-24)38-30(43)28-15-23(18-41(28)32(27)45)50-34(47)40-17-21-9-8-11-26(36)25(21)19-40/h6,8-11,20,22-24,27-29,42H,3-5,7,12-19H2,1-2H3,(H,37,44)(H,38,43)(H,39,46)/t22-,23-,27+,28+,29?,35-/m1/s1. The SMILES string of the molecule is CC(C)C(O)C(=O)N[C@H]1CCCCCC=C[C@@H]2C[C@@]2(C(=O)NS(=O)(=O)C2CC2)NC(=O)[C@@H]2C[C@@H](OC(=O)N3Cc4cccc(F)c4C3)CN2C1=O. The number of amides is 5. The van der Waals surface area contributed by atoms with Crippen molar-refractivity contribution < 1.29 is 46.6 Å². The van der Waals surface area contributed by atoms with Gasteiger partial charge in [0, 0.05) is 24.4 Å². The molecule has 4 N–H and O–H groups in total. The number of hydrogen-bond acceptors (Lipinski definition) is 9. The van der Waals surface area contributed by atoms with E-state index in [1.165, 1.54) is 15.9 Å². The Labute approximate surface area is 296 Å². The van der Waals surface area contributed by atoms with E-state index in [1.54, 1.807) is 32.1 Å². The summed E-state index contributed by atoms with van der Waals surface area (Å²) in [5.41, 5.74) is -0.548. The van der Waals surface area contributed by atoms with Crippen molar-refractivity contribution in [1.82, 2.24) is 25.2 Å². The Morgan fingerprint density at radius 1 is 1.10 bits per heavy atom. The minimum absolute atomic E-state index is 0.0112. The smallest absolute Gasteiger partial charge is 0.410 e. The molecule has 0 radical (unpaired) electrons. The van der Waals surface area contributed by atoms with Gasteiger partial charge < -0.3 is 25.4 Å². The van der Waals surface area contributed by atoms with Gasteiger partial charge in [-0.05, 0) is 56.1 Å². The van der Waals surface area contributed by atoms with Gasteiger partial charge in [0.05, 0.1) is 18.3 Å². The van der Waals surface area contributed by atoms with Crippen LogP contribution in [0.1, 0.15) is 82.8 Å². The molecule has 6 rings (SSSR count). The maximum Gasteiger partial charge on any atom is 0.410 e. The van der Waals surface area contributed by atoms with E-state index in [-0.39, 0.29) is 38.9 Å². The fraction of sp³-hybridized carbons (Fsp3) is 0.629. The van der Waals surface area contributed by atoms with Gasteiger partial charge in [0.1, 0.15) is 35.6 Å². The predicted molar refractivity (Wildman–Crippen MR) is 180 cm³/mol. The van der Waals surface area contributed by atoms with Crippen LogP contribution in [0.5, 0.6) is 0 Å². The summed E-state index contributed by atoms with van der Waals surface area (Å²) in [7, 11) is -3.93. The molecule has 5 aliphatic rings. The Hall–Kier alpha value is -4.05. The van der Waals surface area contributed by atoms with E-state index < -0.39 is 92.5 Å². The first-order valence-corrected chi connectivity index (χ1v) is 19.3. The topological polar surface area (TPSA) is 192 Å². The van der Waals surface area contributed by atoms with Crippen molar-refractivity contribution in [3.8, 4) is 0 Å². The highest BCUT2D eigenvalue weighted by molar-refractivity contribution is 7.91. The van der Waals surface area contributed by atoms with E-state index in [9.17, 15) is 41.9 Å². The Morgan fingerprint density at radius 3 is 2.57 bits per heavy atom. The van der Waals surface area contributed by atoms with E-state index >= 15 is 0 Å². The van der Waals surface area contributed by atoms with Gasteiger partial charge in [-0.15, -0.1) is 0 Å². The van der Waals surface area contributed by atoms with Gasteiger partial charge >= 0.3 is 6.09 Å². The van der Waals surface area contributed by atoms with Crippen LogP contribution >= 0.6 is 0 Å². The lowest BCUT2D eigenvalue weighted by Gasteiger charge is -2.30. The van der Waals surface area contributed by atoms with Crippen molar-refractivity contribution in [3.63, 3.8) is 0 Å². The van der Waals surface area contributed by atoms with Crippen LogP contribution in [0.3, 0.4) is 0 Å². The number of benzene rings is 1. The lowest BCUT2D eigenvalue weighted by molar-refractivity contribution is -0.144. The highest BCUT2D eigenvalue weighted by Gasteiger charge is 2.62. The summed E-state index contributed by atoms with van der Waals surface area (Å²) in [6.45, 7) is 3.22. The minimum atomic E-state index is -3.93. The van der Waals surface area contributed by atoms with Gasteiger partial charge in [-0.3, -0.25) is 28.8 Å². The quantitative estimate of drug-likeness (QED) is 0.303. The highest BCUT2D eigenvalue weighted by Crippen LogP contribution is 2.46. The molecule has 278 valence electrons. The number of aliphatic hydroxyl groups excluding tert-OH is 1. The van der Waals surface area contributed by atoms with Gasteiger partial charge in [-0.2, -0.15) is 0 Å². The second-order valence-electron chi connectivity index (χ2n) is 14.7. The molecule has 1 unspecified atom stereocenters. The van der Waals surface area contributed by atoms with Crippen LogP contribution in [-0.2, 0) is 47.0 Å². The Bertz CT molecular complexity index is 1720. The normalized spacial score (nSPS) is 28.8. The lowest BCUT2D eigenvalue weighted by atomic mass is 10.0. The zero-order chi connectivity index (χ0) is 36.7. The first-order valence-electron chi connectivity index (χ1n) is 17.8. The maximum atomic E-state index is 14.4. The summed E-state index contributed by atoms with van der Waals surface area (Å²) >= 11 is 0. The van der Waals surface area contributed by atoms with E-state index in [0.29, 0.717) is 43.2 Å². The molecule has 3 heterocycles. The molecule has 1 aromatic rings. The number of aliphatic hydroxyl groups is 1. The molecule has 51 heavy (non-hydrogen) atoms. The van der Waals surface area contributed by atoms with Gasteiger partial charge in [0.2, 0.25) is 27.7 Å².